The van der Waals surface area contributed by atoms with Gasteiger partial charge in [-0.25, -0.2) is 0 Å². The van der Waals surface area contributed by atoms with Crippen LogP contribution in [-0.4, -0.2) is 42.1 Å². The Balaban J connectivity index is 2.65. The summed E-state index contributed by atoms with van der Waals surface area (Å²) in [4.78, 5) is 14.1. The number of rotatable bonds is 6. The summed E-state index contributed by atoms with van der Waals surface area (Å²) in [5.41, 5.74) is 5.67. The molecular weight excluding hydrogens is 240 g/mol. The van der Waals surface area contributed by atoms with Crippen LogP contribution in [0.4, 0.5) is 0 Å². The van der Waals surface area contributed by atoms with E-state index in [1.54, 1.807) is 0 Å². The van der Waals surface area contributed by atoms with Crippen molar-refractivity contribution in [3.8, 4) is 0 Å². The molecule has 1 fully saturated rings. The van der Waals surface area contributed by atoms with E-state index in [-0.39, 0.29) is 17.6 Å². The molecule has 4 nitrogen and oxygen atoms in total. The van der Waals surface area contributed by atoms with Crippen LogP contribution in [0.15, 0.2) is 0 Å². The van der Waals surface area contributed by atoms with Crippen LogP contribution in [0.3, 0.4) is 0 Å². The highest BCUT2D eigenvalue weighted by molar-refractivity contribution is 5.80. The lowest BCUT2D eigenvalue weighted by molar-refractivity contribution is -0.156. The molecule has 0 aromatic carbocycles. The Labute approximate surface area is 117 Å². The second-order valence-corrected chi connectivity index (χ2v) is 5.57. The first-order valence-electron chi connectivity index (χ1n) is 7.75. The predicted molar refractivity (Wildman–Crippen MR) is 78.0 cm³/mol. The zero-order chi connectivity index (χ0) is 14.3. The molecule has 19 heavy (non-hydrogen) atoms. The van der Waals surface area contributed by atoms with Crippen molar-refractivity contribution in [2.75, 3.05) is 19.6 Å². The lowest BCUT2D eigenvalue weighted by Crippen LogP contribution is -2.48. The molecule has 1 aliphatic rings. The number of carbonyl (C=O) groups excluding carboxylic acids is 1. The minimum atomic E-state index is -0.387. The molecule has 0 bridgehead atoms. The Hall–Kier alpha value is -0.610. The van der Waals surface area contributed by atoms with Gasteiger partial charge in [-0.2, -0.15) is 0 Å². The molecule has 1 amide bonds. The average Bonchev–Trinajstić information content (AvgIpc) is 2.66. The molecule has 4 heteroatoms. The number of nitrogens with zero attached hydrogens (tertiary/aromatic N) is 1. The average molecular weight is 270 g/mol. The van der Waals surface area contributed by atoms with Crippen LogP contribution < -0.4 is 5.73 Å². The summed E-state index contributed by atoms with van der Waals surface area (Å²) in [5, 5.41) is 0. The maximum atomic E-state index is 12.3. The van der Waals surface area contributed by atoms with E-state index in [0.717, 1.165) is 38.8 Å². The van der Waals surface area contributed by atoms with E-state index in [1.165, 1.54) is 12.8 Å². The largest absolute Gasteiger partial charge is 0.361 e. The van der Waals surface area contributed by atoms with E-state index in [0.29, 0.717) is 6.54 Å². The second kappa shape index (κ2) is 7.85. The SMILES string of the molecule is CCN(CC)C(=O)C(C)OC1(CN)CCCCCC1. The van der Waals surface area contributed by atoms with Crippen molar-refractivity contribution in [2.45, 2.75) is 71.0 Å². The molecular formula is C15H30N2O2. The number of ether oxygens (including phenoxy) is 1. The van der Waals surface area contributed by atoms with Crippen LogP contribution in [0, 0.1) is 0 Å². The van der Waals surface area contributed by atoms with Crippen molar-refractivity contribution in [2.24, 2.45) is 5.73 Å². The molecule has 0 heterocycles. The maximum absolute atomic E-state index is 12.3. The van der Waals surface area contributed by atoms with Gasteiger partial charge in [-0.1, -0.05) is 25.7 Å². The van der Waals surface area contributed by atoms with E-state index in [9.17, 15) is 4.79 Å². The number of amides is 1. The third-order valence-electron chi connectivity index (χ3n) is 4.24. The molecule has 1 saturated carbocycles. The minimum Gasteiger partial charge on any atom is -0.361 e. The molecule has 2 N–H and O–H groups in total. The molecule has 0 aromatic heterocycles. The van der Waals surface area contributed by atoms with Crippen LogP contribution in [0.1, 0.15) is 59.3 Å². The predicted octanol–water partition coefficient (Wildman–Crippen LogP) is 2.31. The Morgan fingerprint density at radius 2 is 1.74 bits per heavy atom. The Bertz CT molecular complexity index is 269. The van der Waals surface area contributed by atoms with Crippen LogP contribution in [0.5, 0.6) is 0 Å². The van der Waals surface area contributed by atoms with Gasteiger partial charge in [0.25, 0.3) is 5.91 Å². The molecule has 1 aliphatic carbocycles. The molecule has 1 rings (SSSR count). The molecule has 0 radical (unpaired) electrons. The summed E-state index contributed by atoms with van der Waals surface area (Å²) >= 11 is 0. The molecule has 0 aliphatic heterocycles. The van der Waals surface area contributed by atoms with Gasteiger partial charge in [-0.3, -0.25) is 4.79 Å². The normalized spacial score (nSPS) is 20.6. The first kappa shape index (κ1) is 16.4. The fourth-order valence-corrected chi connectivity index (χ4v) is 2.96. The highest BCUT2D eigenvalue weighted by Gasteiger charge is 2.34. The minimum absolute atomic E-state index is 0.0853. The van der Waals surface area contributed by atoms with E-state index >= 15 is 0 Å². The number of carbonyl (C=O) groups is 1. The van der Waals surface area contributed by atoms with Crippen molar-refractivity contribution in [3.63, 3.8) is 0 Å². The van der Waals surface area contributed by atoms with Gasteiger partial charge in [0.05, 0.1) is 5.60 Å². The van der Waals surface area contributed by atoms with E-state index in [1.807, 2.05) is 25.7 Å². The lowest BCUT2D eigenvalue weighted by atomic mass is 9.94. The van der Waals surface area contributed by atoms with Crippen LogP contribution in [0.25, 0.3) is 0 Å². The van der Waals surface area contributed by atoms with Crippen molar-refractivity contribution < 1.29 is 9.53 Å². The number of hydrogen-bond acceptors (Lipinski definition) is 3. The van der Waals surface area contributed by atoms with E-state index in [4.69, 9.17) is 10.5 Å². The molecule has 0 saturated heterocycles. The smallest absolute Gasteiger partial charge is 0.251 e. The van der Waals surface area contributed by atoms with Crippen molar-refractivity contribution in [1.29, 1.82) is 0 Å². The first-order valence-corrected chi connectivity index (χ1v) is 7.75. The standard InChI is InChI=1S/C15H30N2O2/c1-4-17(5-2)14(18)13(3)19-15(12-16)10-8-6-7-9-11-15/h13H,4-12,16H2,1-3H3. The van der Waals surface area contributed by atoms with Gasteiger partial charge in [0.1, 0.15) is 6.10 Å². The lowest BCUT2D eigenvalue weighted by Gasteiger charge is -2.35. The zero-order valence-electron chi connectivity index (χ0n) is 12.8. The second-order valence-electron chi connectivity index (χ2n) is 5.57. The number of likely N-dealkylation sites (N-methyl/N-ethyl adjacent to an activating group) is 1. The fraction of sp³-hybridized carbons (Fsp3) is 0.933. The summed E-state index contributed by atoms with van der Waals surface area (Å²) in [5.74, 6) is 0.0853. The molecule has 0 aromatic rings. The van der Waals surface area contributed by atoms with Crippen molar-refractivity contribution >= 4 is 5.91 Å². The third-order valence-corrected chi connectivity index (χ3v) is 4.24. The Kier molecular flexibility index (Phi) is 6.80. The van der Waals surface area contributed by atoms with E-state index in [2.05, 4.69) is 0 Å². The van der Waals surface area contributed by atoms with Crippen LogP contribution in [0.2, 0.25) is 0 Å². The topological polar surface area (TPSA) is 55.6 Å². The quantitative estimate of drug-likeness (QED) is 0.754. The van der Waals surface area contributed by atoms with Crippen LogP contribution in [-0.2, 0) is 9.53 Å². The summed E-state index contributed by atoms with van der Waals surface area (Å²) < 4.78 is 6.14. The Morgan fingerprint density at radius 1 is 1.21 bits per heavy atom. The monoisotopic (exact) mass is 270 g/mol. The first-order chi connectivity index (χ1) is 9.08. The summed E-state index contributed by atoms with van der Waals surface area (Å²) in [7, 11) is 0. The van der Waals surface area contributed by atoms with Gasteiger partial charge in [0, 0.05) is 19.6 Å². The molecule has 1 unspecified atom stereocenters. The highest BCUT2D eigenvalue weighted by atomic mass is 16.5. The van der Waals surface area contributed by atoms with Gasteiger partial charge >= 0.3 is 0 Å². The van der Waals surface area contributed by atoms with Gasteiger partial charge in [0.2, 0.25) is 0 Å². The van der Waals surface area contributed by atoms with Gasteiger partial charge < -0.3 is 15.4 Å². The molecule has 112 valence electrons. The maximum Gasteiger partial charge on any atom is 0.251 e. The van der Waals surface area contributed by atoms with Crippen molar-refractivity contribution in [1.82, 2.24) is 4.90 Å². The Morgan fingerprint density at radius 3 is 2.16 bits per heavy atom. The summed E-state index contributed by atoms with van der Waals surface area (Å²) in [6.45, 7) is 7.85. The number of hydrogen-bond donors (Lipinski definition) is 1. The highest BCUT2D eigenvalue weighted by Crippen LogP contribution is 2.31. The van der Waals surface area contributed by atoms with Crippen LogP contribution >= 0.6 is 0 Å². The summed E-state index contributed by atoms with van der Waals surface area (Å²) in [6.07, 6.45) is 6.40. The molecule has 1 atom stereocenters. The van der Waals surface area contributed by atoms with Gasteiger partial charge in [-0.05, 0) is 33.6 Å². The van der Waals surface area contributed by atoms with Crippen molar-refractivity contribution in [3.05, 3.63) is 0 Å². The third kappa shape index (κ3) is 4.46. The number of nitrogens with two attached hydrogens (primary N) is 1. The summed E-state index contributed by atoms with van der Waals surface area (Å²) in [6, 6.07) is 0. The van der Waals surface area contributed by atoms with E-state index < -0.39 is 0 Å². The van der Waals surface area contributed by atoms with Gasteiger partial charge in [0.15, 0.2) is 0 Å². The zero-order valence-corrected chi connectivity index (χ0v) is 12.8. The molecule has 0 spiro atoms. The fourth-order valence-electron chi connectivity index (χ4n) is 2.96. The van der Waals surface area contributed by atoms with Gasteiger partial charge in [-0.15, -0.1) is 0 Å².